The van der Waals surface area contributed by atoms with Gasteiger partial charge in [0.05, 0.1) is 7.11 Å². The Kier molecular flexibility index (Phi) is 8.10. The monoisotopic (exact) mass is 426 g/mol. The summed E-state index contributed by atoms with van der Waals surface area (Å²) in [5.41, 5.74) is 1.03. The van der Waals surface area contributed by atoms with Gasteiger partial charge in [0, 0.05) is 29.5 Å². The number of hydrogen-bond acceptors (Lipinski definition) is 3. The van der Waals surface area contributed by atoms with Gasteiger partial charge in [0.15, 0.2) is 0 Å². The zero-order valence-corrected chi connectivity index (χ0v) is 19.7. The minimum Gasteiger partial charge on any atom is -0.497 e. The van der Waals surface area contributed by atoms with E-state index in [4.69, 9.17) is 4.74 Å². The molecule has 1 aromatic carbocycles. The quantitative estimate of drug-likeness (QED) is 0.633. The van der Waals surface area contributed by atoms with Gasteiger partial charge in [-0.25, -0.2) is 0 Å². The summed E-state index contributed by atoms with van der Waals surface area (Å²) in [5.74, 6) is 1.49. The van der Waals surface area contributed by atoms with Gasteiger partial charge in [0.25, 0.3) is 0 Å². The molecule has 1 N–H and O–H groups in total. The number of rotatable bonds is 7. The van der Waals surface area contributed by atoms with Gasteiger partial charge in [-0.2, -0.15) is 0 Å². The molecule has 0 radical (unpaired) electrons. The number of methoxy groups -OCH3 is 1. The Labute approximate surface area is 187 Å². The normalized spacial score (nSPS) is 23.6. The van der Waals surface area contributed by atoms with Crippen molar-refractivity contribution in [1.82, 2.24) is 10.2 Å². The standard InChI is InChI=1S/C17H23NO2.C9H15NO/c1-5-6-14-11-17(2,3)18(16(14)19)12-13-7-9-15(20-4)10-8-13;1-4-5-7-6-9(2,3)10-8(7)11/h5,7-10,14H,1,6,11-12H2,2-4H3;4,7H,1,5-6H2,2-3H3,(H,10,11). The summed E-state index contributed by atoms with van der Waals surface area (Å²) in [6.45, 7) is 16.4. The molecule has 2 heterocycles. The molecule has 2 aliphatic rings. The van der Waals surface area contributed by atoms with Gasteiger partial charge in [-0.05, 0) is 71.1 Å². The smallest absolute Gasteiger partial charge is 0.226 e. The van der Waals surface area contributed by atoms with Gasteiger partial charge in [-0.1, -0.05) is 24.3 Å². The minimum atomic E-state index is -0.0926. The van der Waals surface area contributed by atoms with Gasteiger partial charge in [-0.3, -0.25) is 9.59 Å². The highest BCUT2D eigenvalue weighted by Crippen LogP contribution is 2.37. The van der Waals surface area contributed by atoms with Crippen LogP contribution in [0.2, 0.25) is 0 Å². The third-order valence-corrected chi connectivity index (χ3v) is 6.08. The van der Waals surface area contributed by atoms with Crippen LogP contribution in [0.5, 0.6) is 5.75 Å². The van der Waals surface area contributed by atoms with Crippen molar-refractivity contribution in [3.05, 3.63) is 55.1 Å². The number of carbonyl (C=O) groups is 2. The number of benzene rings is 1. The number of likely N-dealkylation sites (tertiary alicyclic amines) is 1. The van der Waals surface area contributed by atoms with E-state index in [1.54, 1.807) is 7.11 Å². The predicted octanol–water partition coefficient (Wildman–Crippen LogP) is 4.88. The molecule has 3 rings (SSSR count). The molecule has 170 valence electrons. The SMILES string of the molecule is C=CCC1CC(C)(C)N(Cc2ccc(OC)cc2)C1=O.C=CCC1CC(C)(C)NC1=O. The van der Waals surface area contributed by atoms with Crippen molar-refractivity contribution in [3.8, 4) is 5.75 Å². The summed E-state index contributed by atoms with van der Waals surface area (Å²) in [4.78, 5) is 25.7. The van der Waals surface area contributed by atoms with Crippen molar-refractivity contribution in [3.63, 3.8) is 0 Å². The van der Waals surface area contributed by atoms with E-state index >= 15 is 0 Å². The van der Waals surface area contributed by atoms with Crippen LogP contribution < -0.4 is 10.1 Å². The number of amides is 2. The second-order valence-electron chi connectivity index (χ2n) is 9.81. The van der Waals surface area contributed by atoms with Crippen molar-refractivity contribution in [2.75, 3.05) is 7.11 Å². The summed E-state index contributed by atoms with van der Waals surface area (Å²) in [7, 11) is 1.65. The van der Waals surface area contributed by atoms with Crippen LogP contribution in [0.3, 0.4) is 0 Å². The van der Waals surface area contributed by atoms with Crippen LogP contribution in [0.1, 0.15) is 58.9 Å². The molecule has 0 saturated carbocycles. The van der Waals surface area contributed by atoms with Crippen LogP contribution in [0, 0.1) is 11.8 Å². The molecule has 5 heteroatoms. The molecule has 2 fully saturated rings. The molecule has 2 aliphatic heterocycles. The lowest BCUT2D eigenvalue weighted by molar-refractivity contribution is -0.134. The fourth-order valence-corrected chi connectivity index (χ4v) is 4.50. The van der Waals surface area contributed by atoms with E-state index in [2.05, 4.69) is 32.3 Å². The van der Waals surface area contributed by atoms with Crippen LogP contribution in [0.15, 0.2) is 49.6 Å². The molecule has 31 heavy (non-hydrogen) atoms. The molecule has 0 spiro atoms. The van der Waals surface area contributed by atoms with Crippen LogP contribution >= 0.6 is 0 Å². The highest BCUT2D eigenvalue weighted by atomic mass is 16.5. The van der Waals surface area contributed by atoms with Crippen LogP contribution in [0.4, 0.5) is 0 Å². The third-order valence-electron chi connectivity index (χ3n) is 6.08. The Balaban J connectivity index is 0.000000262. The van der Waals surface area contributed by atoms with Crippen molar-refractivity contribution in [2.24, 2.45) is 11.8 Å². The summed E-state index contributed by atoms with van der Waals surface area (Å²) < 4.78 is 5.16. The minimum absolute atomic E-state index is 0.00917. The van der Waals surface area contributed by atoms with Crippen LogP contribution in [0.25, 0.3) is 0 Å². The van der Waals surface area contributed by atoms with E-state index in [0.29, 0.717) is 6.54 Å². The lowest BCUT2D eigenvalue weighted by Crippen LogP contribution is -2.40. The topological polar surface area (TPSA) is 58.6 Å². The maximum absolute atomic E-state index is 12.5. The molecule has 2 amide bonds. The molecular formula is C26H38N2O3. The first-order valence-corrected chi connectivity index (χ1v) is 11.0. The summed E-state index contributed by atoms with van der Waals surface area (Å²) in [6, 6.07) is 7.90. The Morgan fingerprint density at radius 3 is 2.10 bits per heavy atom. The van der Waals surface area contributed by atoms with Crippen molar-refractivity contribution < 1.29 is 14.3 Å². The fraction of sp³-hybridized carbons (Fsp3) is 0.538. The Hall–Kier alpha value is -2.56. The molecule has 0 bridgehead atoms. The zero-order chi connectivity index (χ0) is 23.2. The molecule has 5 nitrogen and oxygen atoms in total. The van der Waals surface area contributed by atoms with E-state index in [-0.39, 0.29) is 34.7 Å². The number of hydrogen-bond donors (Lipinski definition) is 1. The van der Waals surface area contributed by atoms with E-state index in [0.717, 1.165) is 37.0 Å². The Morgan fingerprint density at radius 2 is 1.61 bits per heavy atom. The Morgan fingerprint density at radius 1 is 1.03 bits per heavy atom. The predicted molar refractivity (Wildman–Crippen MR) is 126 cm³/mol. The lowest BCUT2D eigenvalue weighted by atomic mass is 9.94. The first kappa shape index (κ1) is 24.7. The van der Waals surface area contributed by atoms with Crippen molar-refractivity contribution >= 4 is 11.8 Å². The number of allylic oxidation sites excluding steroid dienone is 2. The molecule has 2 atom stereocenters. The van der Waals surface area contributed by atoms with E-state index in [1.165, 1.54) is 0 Å². The maximum atomic E-state index is 12.5. The van der Waals surface area contributed by atoms with E-state index in [9.17, 15) is 9.59 Å². The van der Waals surface area contributed by atoms with Crippen LogP contribution in [-0.2, 0) is 16.1 Å². The number of nitrogens with one attached hydrogen (secondary N) is 1. The van der Waals surface area contributed by atoms with Gasteiger partial charge >= 0.3 is 0 Å². The number of carbonyl (C=O) groups excluding carboxylic acids is 2. The average Bonchev–Trinajstić information content (AvgIpc) is 3.08. The first-order chi connectivity index (χ1) is 14.5. The van der Waals surface area contributed by atoms with Gasteiger partial charge in [0.1, 0.15) is 5.75 Å². The summed E-state index contributed by atoms with van der Waals surface area (Å²) >= 11 is 0. The molecular weight excluding hydrogens is 388 g/mol. The van der Waals surface area contributed by atoms with Gasteiger partial charge in [0.2, 0.25) is 11.8 Å². The maximum Gasteiger partial charge on any atom is 0.226 e. The van der Waals surface area contributed by atoms with E-state index < -0.39 is 0 Å². The summed E-state index contributed by atoms with van der Waals surface area (Å²) in [5, 5.41) is 2.94. The molecule has 2 saturated heterocycles. The fourth-order valence-electron chi connectivity index (χ4n) is 4.50. The third kappa shape index (κ3) is 6.46. The summed E-state index contributed by atoms with van der Waals surface area (Å²) in [6.07, 6.45) is 7.05. The second-order valence-corrected chi connectivity index (χ2v) is 9.81. The van der Waals surface area contributed by atoms with Gasteiger partial charge in [-0.15, -0.1) is 13.2 Å². The molecule has 2 unspecified atom stereocenters. The number of ether oxygens (including phenoxy) is 1. The highest BCUT2D eigenvalue weighted by Gasteiger charge is 2.43. The van der Waals surface area contributed by atoms with Crippen molar-refractivity contribution in [1.29, 1.82) is 0 Å². The molecule has 1 aromatic rings. The van der Waals surface area contributed by atoms with E-state index in [1.807, 2.05) is 55.2 Å². The second kappa shape index (κ2) is 10.2. The van der Waals surface area contributed by atoms with Crippen molar-refractivity contribution in [2.45, 2.75) is 71.0 Å². The Bertz CT molecular complexity index is 795. The highest BCUT2D eigenvalue weighted by molar-refractivity contribution is 5.82. The first-order valence-electron chi connectivity index (χ1n) is 11.0. The molecule has 0 aromatic heterocycles. The number of nitrogens with zero attached hydrogens (tertiary/aromatic N) is 1. The zero-order valence-electron chi connectivity index (χ0n) is 19.7. The van der Waals surface area contributed by atoms with Gasteiger partial charge < -0.3 is 15.0 Å². The largest absolute Gasteiger partial charge is 0.497 e. The average molecular weight is 427 g/mol. The van der Waals surface area contributed by atoms with Crippen LogP contribution in [-0.4, -0.2) is 34.9 Å². The lowest BCUT2D eigenvalue weighted by Gasteiger charge is -2.31. The molecule has 0 aliphatic carbocycles.